The van der Waals surface area contributed by atoms with Crippen molar-refractivity contribution in [3.8, 4) is 16.3 Å². The summed E-state index contributed by atoms with van der Waals surface area (Å²) in [5, 5.41) is 5.57. The van der Waals surface area contributed by atoms with Gasteiger partial charge in [0.2, 0.25) is 0 Å². The van der Waals surface area contributed by atoms with Crippen molar-refractivity contribution < 1.29 is 18.0 Å². The van der Waals surface area contributed by atoms with E-state index in [4.69, 9.17) is 0 Å². The Hall–Kier alpha value is -2.61. The molecule has 0 saturated carbocycles. The maximum absolute atomic E-state index is 13.2. The molecular formula is C19H16F3N3OS. The van der Waals surface area contributed by atoms with E-state index < -0.39 is 11.9 Å². The van der Waals surface area contributed by atoms with Gasteiger partial charge in [-0.05, 0) is 54.6 Å². The van der Waals surface area contributed by atoms with Gasteiger partial charge in [0.25, 0.3) is 5.91 Å². The van der Waals surface area contributed by atoms with Crippen LogP contribution in [0.1, 0.15) is 28.9 Å². The lowest BCUT2D eigenvalue weighted by molar-refractivity contribution is -0.141. The van der Waals surface area contributed by atoms with Crippen molar-refractivity contribution in [1.29, 1.82) is 0 Å². The largest absolute Gasteiger partial charge is 0.435 e. The molecule has 2 aromatic heterocycles. The molecule has 27 heavy (non-hydrogen) atoms. The van der Waals surface area contributed by atoms with Crippen LogP contribution in [-0.4, -0.2) is 33.7 Å². The fourth-order valence-electron chi connectivity index (χ4n) is 3.16. The molecule has 1 amide bonds. The highest BCUT2D eigenvalue weighted by atomic mass is 32.1. The average Bonchev–Trinajstić information content (AvgIpc) is 3.41. The highest BCUT2D eigenvalue weighted by molar-refractivity contribution is 7.13. The van der Waals surface area contributed by atoms with Gasteiger partial charge < -0.3 is 4.90 Å². The van der Waals surface area contributed by atoms with Gasteiger partial charge in [0.15, 0.2) is 5.69 Å². The highest BCUT2D eigenvalue weighted by Crippen LogP contribution is 2.34. The quantitative estimate of drug-likeness (QED) is 0.640. The van der Waals surface area contributed by atoms with Gasteiger partial charge in [0.1, 0.15) is 0 Å². The second kappa shape index (κ2) is 6.84. The summed E-state index contributed by atoms with van der Waals surface area (Å²) < 4.78 is 40.8. The molecule has 0 spiro atoms. The van der Waals surface area contributed by atoms with Crippen molar-refractivity contribution in [3.05, 3.63) is 59.1 Å². The smallest absolute Gasteiger partial charge is 0.339 e. The molecule has 1 aliphatic heterocycles. The molecule has 0 N–H and O–H groups in total. The molecule has 0 atom stereocenters. The van der Waals surface area contributed by atoms with E-state index in [0.717, 1.165) is 32.0 Å². The lowest BCUT2D eigenvalue weighted by Gasteiger charge is -2.15. The molecule has 1 fully saturated rings. The van der Waals surface area contributed by atoms with Gasteiger partial charge in [-0.15, -0.1) is 11.3 Å². The minimum absolute atomic E-state index is 0.0472. The lowest BCUT2D eigenvalue weighted by Crippen LogP contribution is -2.27. The fraction of sp³-hybridized carbons (Fsp3) is 0.263. The molecule has 3 aromatic rings. The Labute approximate surface area is 157 Å². The summed E-state index contributed by atoms with van der Waals surface area (Å²) in [7, 11) is 0. The number of halogens is 3. The van der Waals surface area contributed by atoms with Gasteiger partial charge in [0.05, 0.1) is 16.3 Å². The topological polar surface area (TPSA) is 38.1 Å². The predicted octanol–water partition coefficient (Wildman–Crippen LogP) is 4.86. The number of carbonyl (C=O) groups excluding carboxylic acids is 1. The summed E-state index contributed by atoms with van der Waals surface area (Å²) in [5.74, 6) is -0.0472. The molecule has 0 unspecified atom stereocenters. The first kappa shape index (κ1) is 17.8. The van der Waals surface area contributed by atoms with Crippen LogP contribution in [0.2, 0.25) is 0 Å². The van der Waals surface area contributed by atoms with Crippen LogP contribution in [0, 0.1) is 0 Å². The first-order valence-corrected chi connectivity index (χ1v) is 9.42. The number of hydrogen-bond acceptors (Lipinski definition) is 3. The standard InChI is InChI=1S/C19H16F3N3OS/c20-19(21,22)17-12-15(16-4-3-11-27-16)25(23-17)14-7-5-13(6-8-14)18(26)24-9-1-2-10-24/h3-8,11-12H,1-2,9-10H2. The lowest BCUT2D eigenvalue weighted by atomic mass is 10.2. The SMILES string of the molecule is O=C(c1ccc(-n2nc(C(F)(F)F)cc2-c2cccs2)cc1)N1CCCC1. The normalized spacial score (nSPS) is 14.7. The van der Waals surface area contributed by atoms with Gasteiger partial charge in [-0.3, -0.25) is 4.79 Å². The molecule has 0 aliphatic carbocycles. The van der Waals surface area contributed by atoms with Crippen molar-refractivity contribution in [2.24, 2.45) is 0 Å². The van der Waals surface area contributed by atoms with Crippen molar-refractivity contribution in [3.63, 3.8) is 0 Å². The van der Waals surface area contributed by atoms with Crippen molar-refractivity contribution >= 4 is 17.2 Å². The van der Waals surface area contributed by atoms with E-state index in [1.54, 1.807) is 46.7 Å². The molecule has 1 saturated heterocycles. The summed E-state index contributed by atoms with van der Waals surface area (Å²) in [6.07, 6.45) is -2.52. The average molecular weight is 391 g/mol. The Morgan fingerprint density at radius 1 is 1.07 bits per heavy atom. The number of likely N-dealkylation sites (tertiary alicyclic amines) is 1. The van der Waals surface area contributed by atoms with E-state index in [1.165, 1.54) is 16.0 Å². The van der Waals surface area contributed by atoms with Crippen molar-refractivity contribution in [1.82, 2.24) is 14.7 Å². The Balaban J connectivity index is 1.70. The molecular weight excluding hydrogens is 375 g/mol. The van der Waals surface area contributed by atoms with E-state index in [9.17, 15) is 18.0 Å². The number of alkyl halides is 3. The van der Waals surface area contributed by atoms with Crippen LogP contribution in [0.3, 0.4) is 0 Å². The monoisotopic (exact) mass is 391 g/mol. The van der Waals surface area contributed by atoms with Crippen LogP contribution in [0.5, 0.6) is 0 Å². The fourth-order valence-corrected chi connectivity index (χ4v) is 3.89. The molecule has 4 nitrogen and oxygen atoms in total. The third kappa shape index (κ3) is 3.49. The van der Waals surface area contributed by atoms with Gasteiger partial charge in [-0.1, -0.05) is 6.07 Å². The number of amides is 1. The van der Waals surface area contributed by atoms with Gasteiger partial charge in [-0.25, -0.2) is 4.68 Å². The second-order valence-corrected chi connectivity index (χ2v) is 7.30. The summed E-state index contributed by atoms with van der Waals surface area (Å²) in [4.78, 5) is 14.9. The minimum atomic E-state index is -4.52. The van der Waals surface area contributed by atoms with E-state index in [2.05, 4.69) is 5.10 Å². The number of thiophene rings is 1. The van der Waals surface area contributed by atoms with Crippen molar-refractivity contribution in [2.45, 2.75) is 19.0 Å². The predicted molar refractivity (Wildman–Crippen MR) is 97.0 cm³/mol. The number of carbonyl (C=O) groups is 1. The molecule has 1 aliphatic rings. The first-order valence-electron chi connectivity index (χ1n) is 8.54. The number of benzene rings is 1. The molecule has 1 aromatic carbocycles. The Morgan fingerprint density at radius 3 is 2.37 bits per heavy atom. The maximum atomic E-state index is 13.2. The summed E-state index contributed by atoms with van der Waals surface area (Å²) in [6.45, 7) is 1.49. The summed E-state index contributed by atoms with van der Waals surface area (Å²) in [5.41, 5.74) is 0.437. The Morgan fingerprint density at radius 2 is 1.78 bits per heavy atom. The van der Waals surface area contributed by atoms with Crippen LogP contribution < -0.4 is 0 Å². The zero-order valence-electron chi connectivity index (χ0n) is 14.2. The molecule has 140 valence electrons. The summed E-state index contributed by atoms with van der Waals surface area (Å²) in [6, 6.07) is 11.1. The zero-order valence-corrected chi connectivity index (χ0v) is 15.1. The molecule has 8 heteroatoms. The number of rotatable bonds is 3. The second-order valence-electron chi connectivity index (χ2n) is 6.35. The maximum Gasteiger partial charge on any atom is 0.435 e. The van der Waals surface area contributed by atoms with E-state index in [0.29, 0.717) is 21.8 Å². The molecule has 3 heterocycles. The number of hydrogen-bond donors (Lipinski definition) is 0. The summed E-state index contributed by atoms with van der Waals surface area (Å²) >= 11 is 1.34. The minimum Gasteiger partial charge on any atom is -0.339 e. The van der Waals surface area contributed by atoms with Gasteiger partial charge in [0, 0.05) is 18.7 Å². The van der Waals surface area contributed by atoms with E-state index >= 15 is 0 Å². The zero-order chi connectivity index (χ0) is 19.0. The van der Waals surface area contributed by atoms with Crippen LogP contribution in [0.25, 0.3) is 16.3 Å². The van der Waals surface area contributed by atoms with Crippen LogP contribution >= 0.6 is 11.3 Å². The number of nitrogens with zero attached hydrogens (tertiary/aromatic N) is 3. The van der Waals surface area contributed by atoms with Crippen LogP contribution in [0.4, 0.5) is 13.2 Å². The third-order valence-electron chi connectivity index (χ3n) is 4.53. The van der Waals surface area contributed by atoms with E-state index in [-0.39, 0.29) is 5.91 Å². The molecule has 0 bridgehead atoms. The molecule has 0 radical (unpaired) electrons. The van der Waals surface area contributed by atoms with Crippen LogP contribution in [-0.2, 0) is 6.18 Å². The van der Waals surface area contributed by atoms with E-state index in [1.807, 2.05) is 0 Å². The van der Waals surface area contributed by atoms with Gasteiger partial charge >= 0.3 is 6.18 Å². The highest BCUT2D eigenvalue weighted by Gasteiger charge is 2.35. The Bertz CT molecular complexity index is 940. The van der Waals surface area contributed by atoms with Gasteiger partial charge in [-0.2, -0.15) is 18.3 Å². The van der Waals surface area contributed by atoms with Crippen molar-refractivity contribution in [2.75, 3.05) is 13.1 Å². The first-order chi connectivity index (χ1) is 12.9. The molecule has 4 rings (SSSR count). The Kier molecular flexibility index (Phi) is 4.51. The number of aromatic nitrogens is 2. The third-order valence-corrected chi connectivity index (χ3v) is 5.42. The van der Waals surface area contributed by atoms with Crippen LogP contribution in [0.15, 0.2) is 47.8 Å².